The lowest BCUT2D eigenvalue weighted by atomic mass is 10.1. The summed E-state index contributed by atoms with van der Waals surface area (Å²) in [5.41, 5.74) is 0.226. The number of hydrogen-bond donors (Lipinski definition) is 2. The number of rotatable bonds is 1. The standard InChI is InChI=1S/C17H14FN3O3S2/c1-8-7-24-14-12-9(6-10(18)15(14)26-4-2-19-3-5-26)13(22)11-16(23)20-25-17(11)21(8)12/h6,19H,1-5,7H2/p+1. The number of H-pyrrole nitrogens is 1. The van der Waals surface area contributed by atoms with Crippen LogP contribution >= 0.6 is 11.5 Å². The van der Waals surface area contributed by atoms with Crippen molar-refractivity contribution >= 4 is 49.2 Å². The molecule has 4 heterocycles. The van der Waals surface area contributed by atoms with Crippen molar-refractivity contribution in [3.05, 3.63) is 39.0 Å². The van der Waals surface area contributed by atoms with Gasteiger partial charge in [-0.1, -0.05) is 6.58 Å². The number of nitrogens with zero attached hydrogens (tertiary/aromatic N) is 1. The average molecular weight is 392 g/mol. The van der Waals surface area contributed by atoms with E-state index in [4.69, 9.17) is 4.74 Å². The van der Waals surface area contributed by atoms with Gasteiger partial charge in [0, 0.05) is 24.0 Å². The van der Waals surface area contributed by atoms with E-state index in [9.17, 15) is 9.59 Å². The first-order valence-electron chi connectivity index (χ1n) is 8.19. The van der Waals surface area contributed by atoms with Crippen molar-refractivity contribution in [1.82, 2.24) is 14.3 Å². The van der Waals surface area contributed by atoms with Gasteiger partial charge in [-0.05, 0) is 17.6 Å². The van der Waals surface area contributed by atoms with Crippen LogP contribution in [0.1, 0.15) is 0 Å². The number of fused-ring (bicyclic) bond motifs is 2. The molecule has 2 aromatic heterocycles. The van der Waals surface area contributed by atoms with Crippen LogP contribution in [0.3, 0.4) is 0 Å². The zero-order valence-electron chi connectivity index (χ0n) is 13.7. The summed E-state index contributed by atoms with van der Waals surface area (Å²) < 4.78 is 25.3. The van der Waals surface area contributed by atoms with Crippen LogP contribution in [0.4, 0.5) is 4.39 Å². The van der Waals surface area contributed by atoms with Crippen LogP contribution < -0.4 is 21.0 Å². The van der Waals surface area contributed by atoms with Gasteiger partial charge in [0.15, 0.2) is 5.82 Å². The van der Waals surface area contributed by atoms with E-state index in [1.54, 1.807) is 4.57 Å². The molecule has 0 radical (unpaired) electrons. The number of aromatic nitrogens is 2. The molecule has 26 heavy (non-hydrogen) atoms. The van der Waals surface area contributed by atoms with Gasteiger partial charge in [0.2, 0.25) is 16.1 Å². The summed E-state index contributed by atoms with van der Waals surface area (Å²) in [6.45, 7) is 5.87. The quantitative estimate of drug-likeness (QED) is 0.616. The summed E-state index contributed by atoms with van der Waals surface area (Å²) in [5.74, 6) is 1.67. The molecule has 2 aliphatic rings. The van der Waals surface area contributed by atoms with E-state index in [1.165, 1.54) is 6.07 Å². The van der Waals surface area contributed by atoms with Crippen LogP contribution in [0.25, 0.3) is 26.8 Å². The smallest absolute Gasteiger partial charge is 0.271 e. The van der Waals surface area contributed by atoms with Gasteiger partial charge in [0.1, 0.15) is 33.8 Å². The predicted octanol–water partition coefficient (Wildman–Crippen LogP) is 1.49. The van der Waals surface area contributed by atoms with E-state index < -0.39 is 16.8 Å². The van der Waals surface area contributed by atoms with Gasteiger partial charge in [0.05, 0.1) is 11.1 Å². The second-order valence-corrected chi connectivity index (χ2v) is 9.30. The van der Waals surface area contributed by atoms with Crippen LogP contribution in [0, 0.1) is 5.82 Å². The van der Waals surface area contributed by atoms with Crippen LogP contribution in [0.15, 0.2) is 27.1 Å². The normalized spacial score (nSPS) is 17.8. The van der Waals surface area contributed by atoms with E-state index in [2.05, 4.69) is 16.3 Å². The molecular formula is C17H15FN3O3S2+. The molecule has 2 aliphatic heterocycles. The molecule has 0 spiro atoms. The Labute approximate surface area is 153 Å². The van der Waals surface area contributed by atoms with Gasteiger partial charge >= 0.3 is 0 Å². The van der Waals surface area contributed by atoms with Crippen molar-refractivity contribution in [2.75, 3.05) is 31.2 Å². The van der Waals surface area contributed by atoms with Gasteiger partial charge in [0.25, 0.3) is 5.56 Å². The fourth-order valence-electron chi connectivity index (χ4n) is 3.63. The topological polar surface area (TPSA) is 76.1 Å². The van der Waals surface area contributed by atoms with Gasteiger partial charge in [-0.15, -0.1) is 0 Å². The zero-order valence-corrected chi connectivity index (χ0v) is 15.3. The molecule has 1 fully saturated rings. The number of pyridine rings is 1. The van der Waals surface area contributed by atoms with Crippen molar-refractivity contribution in [3.63, 3.8) is 0 Å². The summed E-state index contributed by atoms with van der Waals surface area (Å²) in [7, 11) is -0.282. The van der Waals surface area contributed by atoms with E-state index in [0.717, 1.165) is 36.1 Å². The van der Waals surface area contributed by atoms with Crippen molar-refractivity contribution in [3.8, 4) is 5.75 Å². The Kier molecular flexibility index (Phi) is 3.53. The number of hydrogen-bond acceptors (Lipinski definition) is 5. The second-order valence-electron chi connectivity index (χ2n) is 6.30. The van der Waals surface area contributed by atoms with E-state index in [1.807, 2.05) is 0 Å². The molecular weight excluding hydrogens is 377 g/mol. The molecule has 6 nitrogen and oxygen atoms in total. The molecule has 9 heteroatoms. The van der Waals surface area contributed by atoms with Crippen LogP contribution in [0.5, 0.6) is 5.75 Å². The molecule has 0 bridgehead atoms. The highest BCUT2D eigenvalue weighted by Crippen LogP contribution is 2.41. The highest BCUT2D eigenvalue weighted by molar-refractivity contribution is 7.97. The molecule has 134 valence electrons. The first-order chi connectivity index (χ1) is 12.6. The highest BCUT2D eigenvalue weighted by Gasteiger charge is 2.37. The van der Waals surface area contributed by atoms with Gasteiger partial charge < -0.3 is 10.1 Å². The first-order valence-corrected chi connectivity index (χ1v) is 10.6. The maximum atomic E-state index is 15.1. The van der Waals surface area contributed by atoms with Crippen molar-refractivity contribution in [2.45, 2.75) is 4.90 Å². The summed E-state index contributed by atoms with van der Waals surface area (Å²) in [6, 6.07) is 1.26. The molecule has 0 amide bonds. The Morgan fingerprint density at radius 3 is 2.85 bits per heavy atom. The maximum absolute atomic E-state index is 15.1. The Balaban J connectivity index is 1.97. The fraction of sp³-hybridized carbons (Fsp3) is 0.294. The van der Waals surface area contributed by atoms with Crippen LogP contribution in [0.2, 0.25) is 0 Å². The summed E-state index contributed by atoms with van der Waals surface area (Å²) >= 11 is 1.09. The van der Waals surface area contributed by atoms with Gasteiger partial charge in [-0.2, -0.15) is 0 Å². The predicted molar refractivity (Wildman–Crippen MR) is 103 cm³/mol. The monoisotopic (exact) mass is 392 g/mol. The van der Waals surface area contributed by atoms with Crippen molar-refractivity contribution in [1.29, 1.82) is 0 Å². The molecule has 3 aromatic rings. The number of aromatic amines is 1. The Bertz CT molecular complexity index is 1200. The summed E-state index contributed by atoms with van der Waals surface area (Å²) in [4.78, 5) is 26.0. The van der Waals surface area contributed by atoms with E-state index in [0.29, 0.717) is 26.7 Å². The Hall–Kier alpha value is -2.10. The van der Waals surface area contributed by atoms with Crippen LogP contribution in [-0.2, 0) is 10.9 Å². The molecule has 1 saturated heterocycles. The van der Waals surface area contributed by atoms with Gasteiger partial charge in [-0.25, -0.2) is 4.39 Å². The molecule has 0 aliphatic carbocycles. The molecule has 0 unspecified atom stereocenters. The fourth-order valence-corrected chi connectivity index (χ4v) is 6.67. The number of nitrogens with one attached hydrogen (secondary N) is 2. The third-order valence-corrected chi connectivity index (χ3v) is 8.00. The lowest BCUT2D eigenvalue weighted by Gasteiger charge is -2.25. The van der Waals surface area contributed by atoms with Gasteiger partial charge in [-0.3, -0.25) is 18.5 Å². The molecule has 5 rings (SSSR count). The number of ether oxygens (including phenoxy) is 1. The Morgan fingerprint density at radius 2 is 2.08 bits per heavy atom. The third kappa shape index (κ3) is 2.07. The molecule has 0 saturated carbocycles. The summed E-state index contributed by atoms with van der Waals surface area (Å²) in [5, 5.41) is 3.50. The summed E-state index contributed by atoms with van der Waals surface area (Å²) in [6.07, 6.45) is 0. The molecule has 2 N–H and O–H groups in total. The first kappa shape index (κ1) is 16.1. The lowest BCUT2D eigenvalue weighted by molar-refractivity contribution is 0.346. The SMILES string of the molecule is C=C1COc2c([S+]3CCNCC3)c(F)cc3c(=O)c4c(=O)[nH]sc4n1c23. The van der Waals surface area contributed by atoms with E-state index in [-0.39, 0.29) is 28.3 Å². The largest absolute Gasteiger partial charge is 0.480 e. The minimum absolute atomic E-state index is 0.0490. The zero-order chi connectivity index (χ0) is 18.0. The van der Waals surface area contributed by atoms with Crippen molar-refractivity contribution in [2.24, 2.45) is 0 Å². The number of benzene rings is 1. The third-order valence-electron chi connectivity index (χ3n) is 4.78. The second kappa shape index (κ2) is 5.70. The molecule has 1 aromatic carbocycles. The van der Waals surface area contributed by atoms with Crippen LogP contribution in [-0.4, -0.2) is 40.1 Å². The number of halogens is 1. The van der Waals surface area contributed by atoms with Crippen molar-refractivity contribution < 1.29 is 9.13 Å². The average Bonchev–Trinajstić information content (AvgIpc) is 3.03. The minimum Gasteiger partial charge on any atom is -0.480 e. The molecule has 0 atom stereocenters. The highest BCUT2D eigenvalue weighted by atomic mass is 32.2. The van der Waals surface area contributed by atoms with E-state index >= 15 is 4.39 Å². The maximum Gasteiger partial charge on any atom is 0.271 e. The minimum atomic E-state index is -0.465. The lowest BCUT2D eigenvalue weighted by Crippen LogP contribution is -2.37. The Morgan fingerprint density at radius 1 is 1.31 bits per heavy atom.